The fourth-order valence-corrected chi connectivity index (χ4v) is 3.36. The molecule has 2 aliphatic rings. The molecule has 3 heteroatoms. The maximum atomic E-state index is 12.8. The molecule has 2 fully saturated rings. The predicted octanol–water partition coefficient (Wildman–Crippen LogP) is 3.20. The minimum Gasteiger partial charge on any atom is -0.398 e. The summed E-state index contributed by atoms with van der Waals surface area (Å²) in [5, 5.41) is 0. The summed E-state index contributed by atoms with van der Waals surface area (Å²) in [7, 11) is 0. The van der Waals surface area contributed by atoms with Gasteiger partial charge in [0.25, 0.3) is 0 Å². The predicted molar refractivity (Wildman–Crippen MR) is 80.9 cm³/mol. The van der Waals surface area contributed by atoms with Gasteiger partial charge in [-0.3, -0.25) is 4.79 Å². The maximum absolute atomic E-state index is 12.8. The monoisotopic (exact) mass is 272 g/mol. The van der Waals surface area contributed by atoms with Crippen molar-refractivity contribution in [1.82, 2.24) is 4.90 Å². The van der Waals surface area contributed by atoms with Gasteiger partial charge in [-0.15, -0.1) is 0 Å². The van der Waals surface area contributed by atoms with Gasteiger partial charge in [0.2, 0.25) is 5.91 Å². The fraction of sp³-hybridized carbons (Fsp3) is 0.588. The van der Waals surface area contributed by atoms with Crippen LogP contribution in [0.1, 0.15) is 44.6 Å². The number of amides is 1. The molecule has 0 radical (unpaired) electrons. The molecule has 2 unspecified atom stereocenters. The second kappa shape index (κ2) is 5.47. The molecule has 0 spiro atoms. The van der Waals surface area contributed by atoms with Crippen molar-refractivity contribution in [3.05, 3.63) is 29.8 Å². The highest BCUT2D eigenvalue weighted by Crippen LogP contribution is 2.37. The Morgan fingerprint density at radius 3 is 2.60 bits per heavy atom. The Bertz CT molecular complexity index is 496. The Kier molecular flexibility index (Phi) is 3.68. The highest BCUT2D eigenvalue weighted by molar-refractivity contribution is 5.80. The minimum absolute atomic E-state index is 0.237. The van der Waals surface area contributed by atoms with E-state index in [1.165, 1.54) is 12.8 Å². The molecule has 2 saturated carbocycles. The first kappa shape index (κ1) is 13.5. The van der Waals surface area contributed by atoms with E-state index in [-0.39, 0.29) is 5.92 Å². The number of hydrogen-bond donors (Lipinski definition) is 1. The number of nitrogen functional groups attached to an aromatic ring is 1. The number of nitrogens with two attached hydrogens (primary N) is 1. The second-order valence-electron chi connectivity index (χ2n) is 6.41. The van der Waals surface area contributed by atoms with Gasteiger partial charge in [0.1, 0.15) is 0 Å². The van der Waals surface area contributed by atoms with Crippen LogP contribution in [0.15, 0.2) is 24.3 Å². The standard InChI is InChI=1S/C17H24N2O/c1-12-5-4-7-15(12)17(20)19(14-9-10-14)11-13-6-2-3-8-16(13)18/h2-3,6,8,12,14-15H,4-5,7,9-11,18H2,1H3. The third-order valence-electron chi connectivity index (χ3n) is 4.85. The van der Waals surface area contributed by atoms with Crippen LogP contribution in [0.3, 0.4) is 0 Å². The molecule has 1 aromatic rings. The quantitative estimate of drug-likeness (QED) is 0.856. The molecule has 0 heterocycles. The van der Waals surface area contributed by atoms with Gasteiger partial charge in [-0.1, -0.05) is 31.5 Å². The summed E-state index contributed by atoms with van der Waals surface area (Å²) < 4.78 is 0. The lowest BCUT2D eigenvalue weighted by molar-refractivity contribution is -0.137. The molecule has 20 heavy (non-hydrogen) atoms. The first-order valence-corrected chi connectivity index (χ1v) is 7.80. The second-order valence-corrected chi connectivity index (χ2v) is 6.41. The van der Waals surface area contributed by atoms with Crippen LogP contribution in [-0.4, -0.2) is 16.8 Å². The number of hydrogen-bond acceptors (Lipinski definition) is 2. The van der Waals surface area contributed by atoms with Crippen molar-refractivity contribution in [3.8, 4) is 0 Å². The van der Waals surface area contributed by atoms with Gasteiger partial charge in [-0.25, -0.2) is 0 Å². The number of carbonyl (C=O) groups excluding carboxylic acids is 1. The molecule has 1 amide bonds. The lowest BCUT2D eigenvalue weighted by atomic mass is 9.96. The van der Waals surface area contributed by atoms with Crippen molar-refractivity contribution in [2.75, 3.05) is 5.73 Å². The van der Waals surface area contributed by atoms with Crippen LogP contribution in [0.2, 0.25) is 0 Å². The van der Waals surface area contributed by atoms with E-state index in [2.05, 4.69) is 11.8 Å². The highest BCUT2D eigenvalue weighted by atomic mass is 16.2. The van der Waals surface area contributed by atoms with Gasteiger partial charge in [0.05, 0.1) is 0 Å². The summed E-state index contributed by atoms with van der Waals surface area (Å²) in [6, 6.07) is 8.36. The lowest BCUT2D eigenvalue weighted by Crippen LogP contribution is -2.38. The van der Waals surface area contributed by atoms with Crippen molar-refractivity contribution in [2.45, 2.75) is 51.6 Å². The minimum atomic E-state index is 0.237. The van der Waals surface area contributed by atoms with E-state index in [0.29, 0.717) is 24.4 Å². The number of anilines is 1. The zero-order valence-electron chi connectivity index (χ0n) is 12.2. The van der Waals surface area contributed by atoms with Gasteiger partial charge in [0.15, 0.2) is 0 Å². The van der Waals surface area contributed by atoms with Crippen molar-refractivity contribution in [1.29, 1.82) is 0 Å². The summed E-state index contributed by atoms with van der Waals surface area (Å²) in [6.07, 6.45) is 5.76. The normalized spacial score (nSPS) is 25.6. The number of benzene rings is 1. The summed E-state index contributed by atoms with van der Waals surface area (Å²) in [6.45, 7) is 2.90. The SMILES string of the molecule is CC1CCCC1C(=O)N(Cc1ccccc1N)C1CC1. The van der Waals surface area contributed by atoms with E-state index >= 15 is 0 Å². The molecule has 1 aromatic carbocycles. The van der Waals surface area contributed by atoms with Gasteiger partial charge in [-0.05, 0) is 43.2 Å². The highest BCUT2D eigenvalue weighted by Gasteiger charge is 2.39. The van der Waals surface area contributed by atoms with Gasteiger partial charge in [-0.2, -0.15) is 0 Å². The molecular formula is C17H24N2O. The third-order valence-corrected chi connectivity index (χ3v) is 4.85. The molecule has 3 rings (SSSR count). The number of nitrogens with zero attached hydrogens (tertiary/aromatic N) is 1. The maximum Gasteiger partial charge on any atom is 0.226 e. The van der Waals surface area contributed by atoms with E-state index in [1.54, 1.807) is 0 Å². The average Bonchev–Trinajstić information content (AvgIpc) is 3.19. The van der Waals surface area contributed by atoms with Crippen molar-refractivity contribution in [3.63, 3.8) is 0 Å². The Morgan fingerprint density at radius 2 is 2.00 bits per heavy atom. The molecule has 2 N–H and O–H groups in total. The van der Waals surface area contributed by atoms with E-state index in [1.807, 2.05) is 24.3 Å². The number of rotatable bonds is 4. The summed E-state index contributed by atoms with van der Waals surface area (Å²) >= 11 is 0. The Balaban J connectivity index is 1.76. The first-order valence-electron chi connectivity index (χ1n) is 7.80. The van der Waals surface area contributed by atoms with Crippen LogP contribution in [0.4, 0.5) is 5.69 Å². The zero-order chi connectivity index (χ0) is 14.1. The van der Waals surface area contributed by atoms with Crippen LogP contribution < -0.4 is 5.73 Å². The third kappa shape index (κ3) is 2.67. The van der Waals surface area contributed by atoms with Gasteiger partial charge in [0, 0.05) is 24.2 Å². The van der Waals surface area contributed by atoms with Crippen molar-refractivity contribution in [2.24, 2.45) is 11.8 Å². The Hall–Kier alpha value is -1.51. The molecular weight excluding hydrogens is 248 g/mol. The Labute approximate surface area is 121 Å². The molecule has 2 aliphatic carbocycles. The molecule has 0 aromatic heterocycles. The number of para-hydroxylation sites is 1. The average molecular weight is 272 g/mol. The zero-order valence-corrected chi connectivity index (χ0v) is 12.2. The van der Waals surface area contributed by atoms with Crippen LogP contribution in [-0.2, 0) is 11.3 Å². The molecule has 2 atom stereocenters. The number of carbonyl (C=O) groups is 1. The molecule has 0 aliphatic heterocycles. The van der Waals surface area contributed by atoms with Crippen molar-refractivity contribution >= 4 is 11.6 Å². The first-order chi connectivity index (χ1) is 9.66. The molecule has 3 nitrogen and oxygen atoms in total. The van der Waals surface area contributed by atoms with E-state index < -0.39 is 0 Å². The van der Waals surface area contributed by atoms with Crippen molar-refractivity contribution < 1.29 is 4.79 Å². The molecule has 0 saturated heterocycles. The van der Waals surface area contributed by atoms with Crippen LogP contribution in [0.5, 0.6) is 0 Å². The van der Waals surface area contributed by atoms with E-state index in [9.17, 15) is 4.79 Å². The summed E-state index contributed by atoms with van der Waals surface area (Å²) in [4.78, 5) is 14.9. The van der Waals surface area contributed by atoms with Gasteiger partial charge < -0.3 is 10.6 Å². The summed E-state index contributed by atoms with van der Waals surface area (Å²) in [5.74, 6) is 1.14. The topological polar surface area (TPSA) is 46.3 Å². The summed E-state index contributed by atoms with van der Waals surface area (Å²) in [5.41, 5.74) is 7.91. The smallest absolute Gasteiger partial charge is 0.226 e. The Morgan fingerprint density at radius 1 is 1.25 bits per heavy atom. The van der Waals surface area contributed by atoms with Crippen LogP contribution in [0.25, 0.3) is 0 Å². The van der Waals surface area contributed by atoms with Crippen LogP contribution >= 0.6 is 0 Å². The van der Waals surface area contributed by atoms with E-state index in [4.69, 9.17) is 5.73 Å². The van der Waals surface area contributed by atoms with Gasteiger partial charge >= 0.3 is 0 Å². The largest absolute Gasteiger partial charge is 0.398 e. The van der Waals surface area contributed by atoms with Crippen LogP contribution in [0, 0.1) is 11.8 Å². The molecule has 0 bridgehead atoms. The lowest BCUT2D eigenvalue weighted by Gasteiger charge is -2.28. The fourth-order valence-electron chi connectivity index (χ4n) is 3.36. The van der Waals surface area contributed by atoms with E-state index in [0.717, 1.165) is 30.5 Å². The molecule has 108 valence electrons.